The highest BCUT2D eigenvalue weighted by Crippen LogP contribution is 2.32. The molecular weight excluding hydrogens is 314 g/mol. The summed E-state index contributed by atoms with van der Waals surface area (Å²) in [5, 5.41) is 0. The van der Waals surface area contributed by atoms with Crippen LogP contribution in [0.4, 0.5) is 11.4 Å². The number of anilines is 2. The number of nitrogens with zero attached hydrogens (tertiary/aromatic N) is 2. The summed E-state index contributed by atoms with van der Waals surface area (Å²) in [6.07, 6.45) is 2.20. The summed E-state index contributed by atoms with van der Waals surface area (Å²) < 4.78 is 27.9. The van der Waals surface area contributed by atoms with E-state index in [2.05, 4.69) is 16.7 Å². The predicted molar refractivity (Wildman–Crippen MR) is 95.1 cm³/mol. The van der Waals surface area contributed by atoms with E-state index in [0.717, 1.165) is 32.6 Å². The number of hydrogen-bond acceptors (Lipinski definition) is 6. The van der Waals surface area contributed by atoms with E-state index in [4.69, 9.17) is 10.5 Å². The van der Waals surface area contributed by atoms with Gasteiger partial charge in [0, 0.05) is 50.7 Å². The number of nitrogens with two attached hydrogens (primary N) is 1. The van der Waals surface area contributed by atoms with E-state index in [-0.39, 0.29) is 5.75 Å². The van der Waals surface area contributed by atoms with Crippen molar-refractivity contribution in [1.29, 1.82) is 0 Å². The fourth-order valence-electron chi connectivity index (χ4n) is 2.89. The Morgan fingerprint density at radius 2 is 1.87 bits per heavy atom. The smallest absolute Gasteiger partial charge is 0.148 e. The zero-order valence-corrected chi connectivity index (χ0v) is 15.0. The predicted octanol–water partition coefficient (Wildman–Crippen LogP) is 1.01. The minimum Gasteiger partial charge on any atom is -0.495 e. The highest BCUT2D eigenvalue weighted by atomic mass is 32.2. The molecule has 1 saturated heterocycles. The van der Waals surface area contributed by atoms with Crippen molar-refractivity contribution in [3.8, 4) is 5.75 Å². The molecule has 0 bridgehead atoms. The fraction of sp³-hybridized carbons (Fsp3) is 0.625. The van der Waals surface area contributed by atoms with E-state index in [1.54, 1.807) is 7.11 Å². The molecule has 1 aromatic rings. The number of nitrogen functional groups attached to an aromatic ring is 1. The molecule has 23 heavy (non-hydrogen) atoms. The molecule has 1 aromatic carbocycles. The summed E-state index contributed by atoms with van der Waals surface area (Å²) in [5.74, 6) is 0.930. The number of ether oxygens (including phenoxy) is 1. The molecule has 1 aliphatic heterocycles. The van der Waals surface area contributed by atoms with Crippen LogP contribution in [0.3, 0.4) is 0 Å². The van der Waals surface area contributed by atoms with Crippen molar-refractivity contribution in [2.45, 2.75) is 13.3 Å². The number of piperazine rings is 1. The Balaban J connectivity index is 2.05. The first-order valence-corrected chi connectivity index (χ1v) is 10.0. The van der Waals surface area contributed by atoms with Gasteiger partial charge in [0.05, 0.1) is 18.6 Å². The topological polar surface area (TPSA) is 75.9 Å². The van der Waals surface area contributed by atoms with Crippen LogP contribution in [0.2, 0.25) is 0 Å². The van der Waals surface area contributed by atoms with Crippen LogP contribution in [0, 0.1) is 0 Å². The minimum atomic E-state index is -2.90. The molecule has 0 aromatic heterocycles. The Hall–Kier alpha value is -1.47. The van der Waals surface area contributed by atoms with E-state index in [0.29, 0.717) is 18.0 Å². The maximum Gasteiger partial charge on any atom is 0.148 e. The molecule has 1 aliphatic rings. The van der Waals surface area contributed by atoms with Gasteiger partial charge in [0.15, 0.2) is 0 Å². The summed E-state index contributed by atoms with van der Waals surface area (Å²) in [4.78, 5) is 4.54. The number of methoxy groups -OCH3 is 1. The molecule has 2 N–H and O–H groups in total. The van der Waals surface area contributed by atoms with Crippen molar-refractivity contribution in [2.75, 3.05) is 62.5 Å². The average molecular weight is 341 g/mol. The Kier molecular flexibility index (Phi) is 5.75. The van der Waals surface area contributed by atoms with Crippen LogP contribution in [-0.2, 0) is 16.3 Å². The van der Waals surface area contributed by atoms with E-state index < -0.39 is 9.84 Å². The molecule has 0 unspecified atom stereocenters. The first-order chi connectivity index (χ1) is 10.8. The molecule has 0 aliphatic carbocycles. The SMILES string of the molecule is CCc1cc(N)c(OC)cc1N1CCN(CCS(C)(=O)=O)CC1. The third-order valence-corrected chi connectivity index (χ3v) is 5.23. The van der Waals surface area contributed by atoms with Gasteiger partial charge < -0.3 is 15.4 Å². The van der Waals surface area contributed by atoms with Gasteiger partial charge >= 0.3 is 0 Å². The van der Waals surface area contributed by atoms with Crippen molar-refractivity contribution in [3.63, 3.8) is 0 Å². The van der Waals surface area contributed by atoms with Gasteiger partial charge in [-0.1, -0.05) is 6.92 Å². The van der Waals surface area contributed by atoms with Gasteiger partial charge in [-0.15, -0.1) is 0 Å². The molecule has 0 spiro atoms. The molecule has 7 heteroatoms. The number of sulfone groups is 1. The third kappa shape index (κ3) is 4.75. The molecule has 0 atom stereocenters. The lowest BCUT2D eigenvalue weighted by atomic mass is 10.1. The van der Waals surface area contributed by atoms with Gasteiger partial charge in [-0.3, -0.25) is 4.90 Å². The molecule has 0 saturated carbocycles. The summed E-state index contributed by atoms with van der Waals surface area (Å²) in [7, 11) is -1.27. The van der Waals surface area contributed by atoms with Gasteiger partial charge in [-0.25, -0.2) is 8.42 Å². The second kappa shape index (κ2) is 7.40. The fourth-order valence-corrected chi connectivity index (χ4v) is 3.48. The van der Waals surface area contributed by atoms with E-state index in [1.165, 1.54) is 17.5 Å². The summed E-state index contributed by atoms with van der Waals surface area (Å²) >= 11 is 0. The molecule has 0 radical (unpaired) electrons. The molecule has 2 rings (SSSR count). The lowest BCUT2D eigenvalue weighted by molar-refractivity contribution is 0.272. The van der Waals surface area contributed by atoms with Crippen LogP contribution in [0.1, 0.15) is 12.5 Å². The molecule has 1 heterocycles. The zero-order valence-electron chi connectivity index (χ0n) is 14.2. The summed E-state index contributed by atoms with van der Waals surface area (Å²) in [6, 6.07) is 4.00. The molecule has 0 amide bonds. The first-order valence-electron chi connectivity index (χ1n) is 7.95. The van der Waals surface area contributed by atoms with Crippen LogP contribution >= 0.6 is 0 Å². The maximum absolute atomic E-state index is 11.3. The van der Waals surface area contributed by atoms with E-state index in [9.17, 15) is 8.42 Å². The minimum absolute atomic E-state index is 0.225. The maximum atomic E-state index is 11.3. The van der Waals surface area contributed by atoms with Crippen LogP contribution in [0.15, 0.2) is 12.1 Å². The Morgan fingerprint density at radius 3 is 2.39 bits per heavy atom. The average Bonchev–Trinajstić information content (AvgIpc) is 2.52. The highest BCUT2D eigenvalue weighted by molar-refractivity contribution is 7.90. The van der Waals surface area contributed by atoms with Crippen molar-refractivity contribution in [3.05, 3.63) is 17.7 Å². The summed E-state index contributed by atoms with van der Waals surface area (Å²) in [6.45, 7) is 6.22. The quantitative estimate of drug-likeness (QED) is 0.778. The second-order valence-corrected chi connectivity index (χ2v) is 8.29. The van der Waals surface area contributed by atoms with Crippen LogP contribution in [0.25, 0.3) is 0 Å². The first kappa shape index (κ1) is 17.9. The Morgan fingerprint density at radius 1 is 1.22 bits per heavy atom. The van der Waals surface area contributed by atoms with Crippen LogP contribution in [-0.4, -0.2) is 65.2 Å². The van der Waals surface area contributed by atoms with Gasteiger partial charge in [0.2, 0.25) is 0 Å². The molecule has 130 valence electrons. The lowest BCUT2D eigenvalue weighted by Crippen LogP contribution is -2.47. The second-order valence-electron chi connectivity index (χ2n) is 6.03. The third-order valence-electron chi connectivity index (χ3n) is 4.30. The van der Waals surface area contributed by atoms with Gasteiger partial charge in [0.25, 0.3) is 0 Å². The normalized spacial score (nSPS) is 16.6. The van der Waals surface area contributed by atoms with Gasteiger partial charge in [0.1, 0.15) is 15.6 Å². The van der Waals surface area contributed by atoms with E-state index >= 15 is 0 Å². The number of hydrogen-bond donors (Lipinski definition) is 1. The molecular formula is C16H27N3O3S. The number of rotatable bonds is 6. The van der Waals surface area contributed by atoms with Crippen molar-refractivity contribution >= 4 is 21.2 Å². The van der Waals surface area contributed by atoms with E-state index in [1.807, 2.05) is 12.1 Å². The monoisotopic (exact) mass is 341 g/mol. The number of aryl methyl sites for hydroxylation is 1. The van der Waals surface area contributed by atoms with Gasteiger partial charge in [-0.05, 0) is 18.1 Å². The van der Waals surface area contributed by atoms with Crippen LogP contribution < -0.4 is 15.4 Å². The van der Waals surface area contributed by atoms with Crippen molar-refractivity contribution in [2.24, 2.45) is 0 Å². The largest absolute Gasteiger partial charge is 0.495 e. The van der Waals surface area contributed by atoms with Crippen LogP contribution in [0.5, 0.6) is 5.75 Å². The Labute approximate surface area is 139 Å². The molecule has 1 fully saturated rings. The van der Waals surface area contributed by atoms with Crippen molar-refractivity contribution < 1.29 is 13.2 Å². The standard InChI is InChI=1S/C16H27N3O3S/c1-4-13-11-14(17)16(22-2)12-15(13)19-7-5-18(6-8-19)9-10-23(3,20)21/h11-12H,4-10,17H2,1-3H3. The molecule has 6 nitrogen and oxygen atoms in total. The van der Waals surface area contributed by atoms with Crippen molar-refractivity contribution in [1.82, 2.24) is 4.90 Å². The highest BCUT2D eigenvalue weighted by Gasteiger charge is 2.21. The van der Waals surface area contributed by atoms with Gasteiger partial charge in [-0.2, -0.15) is 0 Å². The Bertz CT molecular complexity index is 638. The summed E-state index contributed by atoms with van der Waals surface area (Å²) in [5.41, 5.74) is 9.05. The zero-order chi connectivity index (χ0) is 17.0. The lowest BCUT2D eigenvalue weighted by Gasteiger charge is -2.37. The number of benzene rings is 1.